The first-order valence-electron chi connectivity index (χ1n) is 15.8. The van der Waals surface area contributed by atoms with Crippen molar-refractivity contribution in [1.29, 1.82) is 0 Å². The largest absolute Gasteiger partial charge is 0.491 e. The van der Waals surface area contributed by atoms with Gasteiger partial charge in [0.2, 0.25) is 11.8 Å². The number of aromatic nitrogens is 1. The van der Waals surface area contributed by atoms with E-state index in [1.807, 2.05) is 44.2 Å². The van der Waals surface area contributed by atoms with Gasteiger partial charge in [-0.3, -0.25) is 14.6 Å². The fourth-order valence-corrected chi connectivity index (χ4v) is 7.12. The molecule has 0 saturated carbocycles. The van der Waals surface area contributed by atoms with Crippen LogP contribution in [-0.4, -0.2) is 92.3 Å². The number of rotatable bonds is 11. The Labute approximate surface area is 281 Å². The molecule has 0 spiro atoms. The highest BCUT2D eigenvalue weighted by Crippen LogP contribution is 2.33. The minimum Gasteiger partial charge on any atom is -0.491 e. The lowest BCUT2D eigenvalue weighted by atomic mass is 9.99. The molecular weight excluding hydrogens is 637 g/mol. The molecule has 4 aromatic rings. The highest BCUT2D eigenvalue weighted by atomic mass is 32.1. The molecule has 14 heteroatoms. The number of benzene rings is 3. The number of fused-ring (bicyclic) bond motifs is 2. The lowest BCUT2D eigenvalue weighted by molar-refractivity contribution is -0.158. The number of carbonyl (C=O) groups is 3. The van der Waals surface area contributed by atoms with Gasteiger partial charge in [-0.05, 0) is 60.9 Å². The normalized spacial score (nSPS) is 18.1. The first kappa shape index (κ1) is 33.1. The maximum Gasteiger partial charge on any atom is 0.332 e. The molecule has 252 valence electrons. The van der Waals surface area contributed by atoms with Gasteiger partial charge in [0.1, 0.15) is 30.4 Å². The third-order valence-corrected chi connectivity index (χ3v) is 9.34. The Balaban J connectivity index is 1.30. The standard InChI is InChI=1S/C34H38FN7O5S/c1-21(2)42(34(46)37-17-23-6-10-25(35)11-7-23)40-20-30(44)41-27(16-22-8-12-26(13-9-22)47-15-14-43)32(45)39(19-29(40)41)18-24-4-3-5-28-31(24)38-33(36)48-28/h3-13,21,27,29,43H,14-20H2,1-2H3,(H2,36,38)(H,37,46)/t27-,29+/m0/s1. The van der Waals surface area contributed by atoms with Crippen molar-refractivity contribution in [2.45, 2.75) is 51.6 Å². The summed E-state index contributed by atoms with van der Waals surface area (Å²) >= 11 is 1.38. The molecule has 2 fully saturated rings. The Bertz CT molecular complexity index is 1780. The second-order valence-corrected chi connectivity index (χ2v) is 13.1. The van der Waals surface area contributed by atoms with Crippen molar-refractivity contribution in [1.82, 2.24) is 30.1 Å². The van der Waals surface area contributed by atoms with E-state index in [2.05, 4.69) is 10.3 Å². The van der Waals surface area contributed by atoms with Crippen LogP contribution >= 0.6 is 11.3 Å². The number of urea groups is 1. The minimum atomic E-state index is -0.832. The van der Waals surface area contributed by atoms with Crippen LogP contribution in [0, 0.1) is 5.82 Å². The van der Waals surface area contributed by atoms with E-state index in [4.69, 9.17) is 15.6 Å². The van der Waals surface area contributed by atoms with E-state index in [9.17, 15) is 18.8 Å². The van der Waals surface area contributed by atoms with Crippen molar-refractivity contribution in [3.05, 3.63) is 89.2 Å². The number of hydrogen-bond acceptors (Lipinski definition) is 9. The summed E-state index contributed by atoms with van der Waals surface area (Å²) in [6.07, 6.45) is -0.371. The van der Waals surface area contributed by atoms with Crippen LogP contribution in [0.5, 0.6) is 5.75 Å². The molecule has 0 aliphatic carbocycles. The molecule has 2 aliphatic heterocycles. The summed E-state index contributed by atoms with van der Waals surface area (Å²) in [5, 5.41) is 15.7. The summed E-state index contributed by atoms with van der Waals surface area (Å²) in [5.41, 5.74) is 9.14. The molecule has 48 heavy (non-hydrogen) atoms. The SMILES string of the molecule is CC(C)N(C(=O)NCc1ccc(F)cc1)N1CC(=O)N2[C@@H](Cc3ccc(OCCO)cc3)C(=O)N(Cc3cccc4sc(N)nc34)C[C@@H]21. The van der Waals surface area contributed by atoms with Gasteiger partial charge in [0, 0.05) is 25.6 Å². The van der Waals surface area contributed by atoms with Crippen molar-refractivity contribution in [3.63, 3.8) is 0 Å². The van der Waals surface area contributed by atoms with Crippen LogP contribution in [0.3, 0.4) is 0 Å². The molecule has 1 aromatic heterocycles. The van der Waals surface area contributed by atoms with Gasteiger partial charge in [-0.1, -0.05) is 47.7 Å². The Kier molecular flexibility index (Phi) is 9.76. The number of nitrogens with zero attached hydrogens (tertiary/aromatic N) is 5. The Morgan fingerprint density at radius 2 is 1.85 bits per heavy atom. The number of ether oxygens (including phenoxy) is 1. The van der Waals surface area contributed by atoms with Crippen LogP contribution in [0.25, 0.3) is 10.2 Å². The number of amides is 4. The molecule has 4 N–H and O–H groups in total. The molecule has 6 rings (SSSR count). The number of anilines is 1. The number of nitrogens with two attached hydrogens (primary N) is 1. The number of aliphatic hydroxyl groups is 1. The molecule has 2 aliphatic rings. The predicted octanol–water partition coefficient (Wildman–Crippen LogP) is 3.35. The van der Waals surface area contributed by atoms with Gasteiger partial charge in [-0.15, -0.1) is 0 Å². The fourth-order valence-electron chi connectivity index (χ4n) is 6.34. The molecule has 2 atom stereocenters. The maximum absolute atomic E-state index is 14.3. The van der Waals surface area contributed by atoms with Gasteiger partial charge in [0.25, 0.3) is 0 Å². The van der Waals surface area contributed by atoms with Gasteiger partial charge in [-0.25, -0.2) is 14.2 Å². The zero-order valence-corrected chi connectivity index (χ0v) is 27.5. The Morgan fingerprint density at radius 1 is 1.12 bits per heavy atom. The van der Waals surface area contributed by atoms with Crippen LogP contribution in [0.15, 0.2) is 66.7 Å². The summed E-state index contributed by atoms with van der Waals surface area (Å²) in [6, 6.07) is 17.3. The van der Waals surface area contributed by atoms with Crippen LogP contribution in [0.1, 0.15) is 30.5 Å². The summed E-state index contributed by atoms with van der Waals surface area (Å²) < 4.78 is 19.8. The predicted molar refractivity (Wildman–Crippen MR) is 179 cm³/mol. The maximum atomic E-state index is 14.3. The number of hydrogen-bond donors (Lipinski definition) is 3. The molecule has 0 radical (unpaired) electrons. The zero-order chi connectivity index (χ0) is 33.9. The number of para-hydroxylation sites is 1. The highest BCUT2D eigenvalue weighted by Gasteiger charge is 2.52. The average Bonchev–Trinajstić information content (AvgIpc) is 3.61. The van der Waals surface area contributed by atoms with Gasteiger partial charge in [0.05, 0.1) is 29.9 Å². The van der Waals surface area contributed by atoms with Crippen molar-refractivity contribution in [2.24, 2.45) is 0 Å². The molecule has 3 aromatic carbocycles. The second-order valence-electron chi connectivity index (χ2n) is 12.1. The molecule has 4 amide bonds. The molecule has 0 unspecified atom stereocenters. The smallest absolute Gasteiger partial charge is 0.332 e. The molecule has 2 saturated heterocycles. The van der Waals surface area contributed by atoms with Crippen molar-refractivity contribution >= 4 is 44.5 Å². The molecule has 12 nitrogen and oxygen atoms in total. The number of halogens is 1. The van der Waals surface area contributed by atoms with E-state index in [1.54, 1.807) is 39.1 Å². The zero-order valence-electron chi connectivity index (χ0n) is 26.7. The first-order chi connectivity index (χ1) is 23.1. The van der Waals surface area contributed by atoms with Gasteiger partial charge < -0.3 is 30.7 Å². The highest BCUT2D eigenvalue weighted by molar-refractivity contribution is 7.22. The number of aliphatic hydroxyl groups excluding tert-OH is 1. The number of carbonyl (C=O) groups excluding carboxylic acids is 3. The van der Waals surface area contributed by atoms with E-state index < -0.39 is 18.2 Å². The minimum absolute atomic E-state index is 0.0867. The monoisotopic (exact) mass is 675 g/mol. The van der Waals surface area contributed by atoms with Gasteiger partial charge in [-0.2, -0.15) is 5.01 Å². The van der Waals surface area contributed by atoms with E-state index in [0.29, 0.717) is 10.9 Å². The Morgan fingerprint density at radius 3 is 2.56 bits per heavy atom. The Hall–Kier alpha value is -4.79. The molecular formula is C34H38FN7O5S. The van der Waals surface area contributed by atoms with Crippen molar-refractivity contribution in [2.75, 3.05) is 32.0 Å². The number of hydrazine groups is 1. The van der Waals surface area contributed by atoms with E-state index in [0.717, 1.165) is 26.9 Å². The van der Waals surface area contributed by atoms with Crippen LogP contribution in [0.2, 0.25) is 0 Å². The quantitative estimate of drug-likeness (QED) is 0.220. The van der Waals surface area contributed by atoms with Crippen LogP contribution in [0.4, 0.5) is 14.3 Å². The average molecular weight is 676 g/mol. The van der Waals surface area contributed by atoms with E-state index in [1.165, 1.54) is 28.5 Å². The lowest BCUT2D eigenvalue weighted by Gasteiger charge is -2.47. The van der Waals surface area contributed by atoms with Gasteiger partial charge in [0.15, 0.2) is 5.13 Å². The summed E-state index contributed by atoms with van der Waals surface area (Å²) in [7, 11) is 0. The number of thiazole rings is 1. The third-order valence-electron chi connectivity index (χ3n) is 8.49. The molecule has 0 bridgehead atoms. The lowest BCUT2D eigenvalue weighted by Crippen LogP contribution is -2.66. The summed E-state index contributed by atoms with van der Waals surface area (Å²) in [5.74, 6) is -0.247. The summed E-state index contributed by atoms with van der Waals surface area (Å²) in [6.45, 7) is 4.27. The number of nitrogens with one attached hydrogen (secondary N) is 1. The topological polar surface area (TPSA) is 145 Å². The third kappa shape index (κ3) is 6.91. The van der Waals surface area contributed by atoms with E-state index >= 15 is 0 Å². The van der Waals surface area contributed by atoms with Crippen molar-refractivity contribution in [3.8, 4) is 5.75 Å². The second kappa shape index (κ2) is 14.1. The number of nitrogen functional groups attached to an aromatic ring is 1. The summed E-state index contributed by atoms with van der Waals surface area (Å²) in [4.78, 5) is 49.6. The first-order valence-corrected chi connectivity index (χ1v) is 16.6. The van der Waals surface area contributed by atoms with E-state index in [-0.39, 0.29) is 69.5 Å². The van der Waals surface area contributed by atoms with Crippen LogP contribution in [-0.2, 0) is 29.1 Å². The van der Waals surface area contributed by atoms with Gasteiger partial charge >= 0.3 is 6.03 Å². The van der Waals surface area contributed by atoms with Crippen molar-refractivity contribution < 1.29 is 28.6 Å². The molecule has 3 heterocycles. The number of piperazine rings is 1. The van der Waals surface area contributed by atoms with Crippen LogP contribution < -0.4 is 15.8 Å². The fraction of sp³-hybridized carbons (Fsp3) is 0.353.